The van der Waals surface area contributed by atoms with E-state index in [1.54, 1.807) is 0 Å². The molecule has 0 N–H and O–H groups in total. The summed E-state index contributed by atoms with van der Waals surface area (Å²) in [5.41, 5.74) is 0. The summed E-state index contributed by atoms with van der Waals surface area (Å²) in [7, 11) is 0. The molecule has 1 rings (SSSR count). The minimum absolute atomic E-state index is 1.02. The Hall–Kier alpha value is 0.155. The van der Waals surface area contributed by atoms with E-state index in [1.807, 2.05) is 32.4 Å². The van der Waals surface area contributed by atoms with E-state index in [1.165, 1.54) is 0 Å². The first kappa shape index (κ1) is 5.29. The summed E-state index contributed by atoms with van der Waals surface area (Å²) >= 11 is 4.08. The van der Waals surface area contributed by atoms with Gasteiger partial charge in [-0.1, -0.05) is 0 Å². The van der Waals surface area contributed by atoms with Crippen LogP contribution in [0.1, 0.15) is 0 Å². The minimum atomic E-state index is 1.02. The van der Waals surface area contributed by atoms with Crippen molar-refractivity contribution in [1.82, 2.24) is 0 Å². The van der Waals surface area contributed by atoms with E-state index in [4.69, 9.17) is 0 Å². The zero-order valence-corrected chi connectivity index (χ0v) is 4.73. The Balaban J connectivity index is 3.02. The van der Waals surface area contributed by atoms with E-state index < -0.39 is 0 Å². The fourth-order valence-electron chi connectivity index (χ4n) is 0.428. The standard InChI is InChI=1S/C3H3B3S/c7-3-5-1-4-2-6-3/h1-2,7H. The first-order valence-electron chi connectivity index (χ1n) is 2.13. The van der Waals surface area contributed by atoms with Crippen LogP contribution in [0.15, 0.2) is 16.4 Å². The van der Waals surface area contributed by atoms with Gasteiger partial charge in [-0.05, 0) is 0 Å². The fourth-order valence-corrected chi connectivity index (χ4v) is 0.600. The van der Waals surface area contributed by atoms with Crippen LogP contribution in [0.4, 0.5) is 0 Å². The quantitative estimate of drug-likeness (QED) is 0.439. The van der Waals surface area contributed by atoms with Crippen molar-refractivity contribution < 1.29 is 0 Å². The number of hydrogen-bond acceptors (Lipinski definition) is 1. The Kier molecular flexibility index (Phi) is 1.86. The molecule has 0 spiro atoms. The second kappa shape index (κ2) is 2.46. The van der Waals surface area contributed by atoms with Gasteiger partial charge >= 0.3 is 49.8 Å². The van der Waals surface area contributed by atoms with Gasteiger partial charge in [-0.15, -0.1) is 0 Å². The van der Waals surface area contributed by atoms with Gasteiger partial charge in [0, 0.05) is 0 Å². The fraction of sp³-hybridized carbons (Fsp3) is 0. The molecule has 1 heterocycles. The Morgan fingerprint density at radius 2 is 1.86 bits per heavy atom. The molecule has 0 bridgehead atoms. The second-order valence-electron chi connectivity index (χ2n) is 1.34. The Bertz CT molecular complexity index is 140. The monoisotopic (exact) mass is 104 g/mol. The van der Waals surface area contributed by atoms with Gasteiger partial charge in [0.15, 0.2) is 0 Å². The van der Waals surface area contributed by atoms with Crippen LogP contribution in [-0.2, 0) is 0 Å². The molecule has 0 fully saturated rings. The third-order valence-electron chi connectivity index (χ3n) is 0.756. The van der Waals surface area contributed by atoms with Gasteiger partial charge in [-0.25, -0.2) is 0 Å². The van der Waals surface area contributed by atoms with E-state index in [-0.39, 0.29) is 0 Å². The molecule has 0 aliphatic heterocycles. The van der Waals surface area contributed by atoms with Gasteiger partial charge < -0.3 is 0 Å². The molecule has 4 heteroatoms. The topological polar surface area (TPSA) is 0 Å². The molecule has 7 heavy (non-hydrogen) atoms. The molecule has 0 saturated carbocycles. The van der Waals surface area contributed by atoms with Crippen LogP contribution in [-0.4, -0.2) is 20.7 Å². The summed E-state index contributed by atoms with van der Waals surface area (Å²) in [6.07, 6.45) is 0. The van der Waals surface area contributed by atoms with Gasteiger partial charge in [0.2, 0.25) is 0 Å². The van der Waals surface area contributed by atoms with Crippen molar-refractivity contribution in [2.24, 2.45) is 0 Å². The molecule has 0 atom stereocenters. The molecule has 0 radical (unpaired) electrons. The third-order valence-corrected chi connectivity index (χ3v) is 1.05. The van der Waals surface area contributed by atoms with Crippen LogP contribution in [0, 0.1) is 0 Å². The predicted molar refractivity (Wildman–Crippen MR) is 37.7 cm³/mol. The Morgan fingerprint density at radius 3 is 2.14 bits per heavy atom. The predicted octanol–water partition coefficient (Wildman–Crippen LogP) is -0.0104. The van der Waals surface area contributed by atoms with Crippen LogP contribution in [0.3, 0.4) is 0 Å². The number of rotatable bonds is 0. The summed E-state index contributed by atoms with van der Waals surface area (Å²) in [5.74, 6) is 3.92. The normalized spacial score (nSPS) is 7.00. The van der Waals surface area contributed by atoms with Crippen LogP contribution < -0.4 is 0 Å². The van der Waals surface area contributed by atoms with E-state index in [0.717, 1.165) is 4.69 Å². The number of hydrogen-bond donors (Lipinski definition) is 1. The van der Waals surface area contributed by atoms with E-state index in [9.17, 15) is 0 Å². The Labute approximate surface area is 50.4 Å². The van der Waals surface area contributed by atoms with Crippen molar-refractivity contribution >= 4 is 33.4 Å². The van der Waals surface area contributed by atoms with E-state index >= 15 is 0 Å². The van der Waals surface area contributed by atoms with Crippen molar-refractivity contribution in [3.05, 3.63) is 11.7 Å². The summed E-state index contributed by atoms with van der Waals surface area (Å²) in [6.45, 7) is 5.87. The maximum absolute atomic E-state index is 4.08. The first-order valence-corrected chi connectivity index (χ1v) is 2.58. The molecule has 0 aliphatic rings. The molecule has 0 amide bonds. The number of thiol groups is 1. The molecular formula is C3H3B3S. The van der Waals surface area contributed by atoms with Crippen LogP contribution in [0.2, 0.25) is 0 Å². The van der Waals surface area contributed by atoms with Gasteiger partial charge in [-0.2, -0.15) is 0 Å². The SMILES string of the molecule is Sc1bcbcb1. The molecule has 1 aromatic rings. The second-order valence-corrected chi connectivity index (χ2v) is 1.85. The summed E-state index contributed by atoms with van der Waals surface area (Å²) < 4.78 is 1.02. The van der Waals surface area contributed by atoms with Crippen LogP contribution >= 0.6 is 12.6 Å². The van der Waals surface area contributed by atoms with Gasteiger partial charge in [0.1, 0.15) is 0 Å². The van der Waals surface area contributed by atoms with Gasteiger partial charge in [0.25, 0.3) is 0 Å². The average molecular weight is 104 g/mol. The molecule has 0 unspecified atom stereocenters. The molecule has 30 valence electrons. The molecular weight excluding hydrogens is 101 g/mol. The molecule has 1 aromatic heterocycles. The third kappa shape index (κ3) is 1.60. The molecule has 0 saturated heterocycles. The van der Waals surface area contributed by atoms with Gasteiger partial charge in [0.05, 0.1) is 0 Å². The van der Waals surface area contributed by atoms with E-state index in [0.29, 0.717) is 0 Å². The van der Waals surface area contributed by atoms with E-state index in [2.05, 4.69) is 12.6 Å². The average Bonchev–Trinajstić information content (AvgIpc) is 1.69. The van der Waals surface area contributed by atoms with Crippen LogP contribution in [0.25, 0.3) is 0 Å². The molecule has 0 aromatic carbocycles. The summed E-state index contributed by atoms with van der Waals surface area (Å²) in [6, 6.07) is 0. The first-order chi connectivity index (χ1) is 3.39. The summed E-state index contributed by atoms with van der Waals surface area (Å²) in [5, 5.41) is 0. The maximum atomic E-state index is 4.08. The van der Waals surface area contributed by atoms with Crippen molar-refractivity contribution in [2.75, 3.05) is 0 Å². The van der Waals surface area contributed by atoms with Crippen molar-refractivity contribution in [2.45, 2.75) is 4.69 Å². The zero-order chi connectivity index (χ0) is 5.11. The van der Waals surface area contributed by atoms with Crippen molar-refractivity contribution in [3.63, 3.8) is 0 Å². The van der Waals surface area contributed by atoms with Gasteiger partial charge in [-0.3, -0.25) is 0 Å². The Morgan fingerprint density at radius 1 is 1.29 bits per heavy atom. The van der Waals surface area contributed by atoms with Crippen molar-refractivity contribution in [1.29, 1.82) is 0 Å². The summed E-state index contributed by atoms with van der Waals surface area (Å²) in [4.78, 5) is 0. The van der Waals surface area contributed by atoms with Crippen molar-refractivity contribution in [3.8, 4) is 0 Å². The zero-order valence-electron chi connectivity index (χ0n) is 3.83. The molecule has 0 aliphatic carbocycles. The molecule has 0 nitrogen and oxygen atoms in total. The van der Waals surface area contributed by atoms with Crippen LogP contribution in [0.5, 0.6) is 0 Å².